The summed E-state index contributed by atoms with van der Waals surface area (Å²) in [5.41, 5.74) is 0.355. The Kier molecular flexibility index (Phi) is 4.69. The lowest BCUT2D eigenvalue weighted by atomic mass is 10.3. The molecule has 9 heteroatoms. The smallest absolute Gasteiger partial charge is 0.265 e. The van der Waals surface area contributed by atoms with E-state index in [1.807, 2.05) is 0 Å². The van der Waals surface area contributed by atoms with E-state index in [0.717, 1.165) is 0 Å². The summed E-state index contributed by atoms with van der Waals surface area (Å²) in [6, 6.07) is 4.74. The van der Waals surface area contributed by atoms with Crippen LogP contribution in [0.2, 0.25) is 5.02 Å². The third-order valence-corrected chi connectivity index (χ3v) is 4.99. The van der Waals surface area contributed by atoms with Crippen molar-refractivity contribution >= 4 is 43.2 Å². The van der Waals surface area contributed by atoms with E-state index in [1.54, 1.807) is 12.1 Å². The Morgan fingerprint density at radius 3 is 2.85 bits per heavy atom. The van der Waals surface area contributed by atoms with E-state index in [0.29, 0.717) is 15.2 Å². The van der Waals surface area contributed by atoms with Crippen LogP contribution >= 0.6 is 27.5 Å². The first-order chi connectivity index (χ1) is 9.42. The van der Waals surface area contributed by atoms with Gasteiger partial charge in [-0.3, -0.25) is 9.40 Å². The van der Waals surface area contributed by atoms with Gasteiger partial charge < -0.3 is 5.11 Å². The van der Waals surface area contributed by atoms with Gasteiger partial charge in [-0.1, -0.05) is 11.6 Å². The van der Waals surface area contributed by atoms with Gasteiger partial charge in [0.15, 0.2) is 0 Å². The number of nitrogens with one attached hydrogen (secondary N) is 1. The Morgan fingerprint density at radius 2 is 2.20 bits per heavy atom. The predicted octanol–water partition coefficient (Wildman–Crippen LogP) is 2.09. The van der Waals surface area contributed by atoms with E-state index < -0.39 is 10.0 Å². The lowest BCUT2D eigenvalue weighted by Crippen LogP contribution is -2.12. The molecule has 2 rings (SSSR count). The summed E-state index contributed by atoms with van der Waals surface area (Å²) in [7, 11) is -3.73. The highest BCUT2D eigenvalue weighted by molar-refractivity contribution is 9.10. The molecule has 2 N–H and O–H groups in total. The maximum absolute atomic E-state index is 12.1. The van der Waals surface area contributed by atoms with Crippen molar-refractivity contribution in [3.63, 3.8) is 0 Å². The van der Waals surface area contributed by atoms with Crippen LogP contribution in [0.5, 0.6) is 0 Å². The zero-order valence-corrected chi connectivity index (χ0v) is 13.3. The Hall–Kier alpha value is -1.09. The standard InChI is InChI=1S/C11H11BrClN3O3S/c12-10-2-1-8(5-11(10)13)15-20(18,19)9-6-14-16(7-9)3-4-17/h1-2,5-7,15,17H,3-4H2. The molecule has 1 aromatic carbocycles. The summed E-state index contributed by atoms with van der Waals surface area (Å²) in [4.78, 5) is 0.0185. The van der Waals surface area contributed by atoms with Crippen LogP contribution in [0.25, 0.3) is 0 Å². The number of aliphatic hydroxyl groups is 1. The van der Waals surface area contributed by atoms with Crippen molar-refractivity contribution < 1.29 is 13.5 Å². The number of hydrogen-bond donors (Lipinski definition) is 2. The molecule has 0 atom stereocenters. The fourth-order valence-corrected chi connectivity index (χ4v) is 2.91. The Bertz CT molecular complexity index is 717. The van der Waals surface area contributed by atoms with Gasteiger partial charge in [0.1, 0.15) is 4.90 Å². The van der Waals surface area contributed by atoms with Crippen molar-refractivity contribution in [3.05, 3.63) is 40.1 Å². The van der Waals surface area contributed by atoms with Crippen molar-refractivity contribution in [2.24, 2.45) is 0 Å². The van der Waals surface area contributed by atoms with Gasteiger partial charge >= 0.3 is 0 Å². The van der Waals surface area contributed by atoms with Gasteiger partial charge in [-0.05, 0) is 34.1 Å². The Morgan fingerprint density at radius 1 is 1.45 bits per heavy atom. The molecule has 0 unspecified atom stereocenters. The SMILES string of the molecule is O=S(=O)(Nc1ccc(Br)c(Cl)c1)c1cnn(CCO)c1. The van der Waals surface area contributed by atoms with Crippen molar-refractivity contribution in [3.8, 4) is 0 Å². The number of aliphatic hydroxyl groups excluding tert-OH is 1. The highest BCUT2D eigenvalue weighted by Crippen LogP contribution is 2.26. The number of benzene rings is 1. The molecule has 108 valence electrons. The number of rotatable bonds is 5. The van der Waals surface area contributed by atoms with Crippen LogP contribution in [-0.4, -0.2) is 29.9 Å². The number of hydrogen-bond acceptors (Lipinski definition) is 4. The molecule has 0 saturated heterocycles. The molecule has 20 heavy (non-hydrogen) atoms. The van der Waals surface area contributed by atoms with E-state index in [4.69, 9.17) is 16.7 Å². The first kappa shape index (κ1) is 15.3. The van der Waals surface area contributed by atoms with E-state index in [1.165, 1.54) is 23.1 Å². The second-order valence-corrected chi connectivity index (χ2v) is 6.84. The Balaban J connectivity index is 2.23. The van der Waals surface area contributed by atoms with Crippen LogP contribution in [0.4, 0.5) is 5.69 Å². The van der Waals surface area contributed by atoms with Gasteiger partial charge in [-0.15, -0.1) is 0 Å². The van der Waals surface area contributed by atoms with Crippen molar-refractivity contribution in [2.75, 3.05) is 11.3 Å². The molecule has 0 aliphatic rings. The average Bonchev–Trinajstić information content (AvgIpc) is 2.83. The number of nitrogens with zero attached hydrogens (tertiary/aromatic N) is 2. The molecule has 0 fully saturated rings. The molecule has 6 nitrogen and oxygen atoms in total. The van der Waals surface area contributed by atoms with Crippen molar-refractivity contribution in [1.82, 2.24) is 9.78 Å². The minimum atomic E-state index is -3.73. The van der Waals surface area contributed by atoms with Crippen LogP contribution in [0.15, 0.2) is 40.0 Å². The summed E-state index contributed by atoms with van der Waals surface area (Å²) < 4.78 is 28.7. The third kappa shape index (κ3) is 3.51. The molecule has 0 aliphatic carbocycles. The van der Waals surface area contributed by atoms with E-state index in [9.17, 15) is 8.42 Å². The molecule has 1 heterocycles. The predicted molar refractivity (Wildman–Crippen MR) is 79.3 cm³/mol. The minimum Gasteiger partial charge on any atom is -0.394 e. The normalized spacial score (nSPS) is 11.6. The van der Waals surface area contributed by atoms with Gasteiger partial charge in [0, 0.05) is 10.7 Å². The molecule has 0 aliphatic heterocycles. The molecular weight excluding hydrogens is 370 g/mol. The van der Waals surface area contributed by atoms with Gasteiger partial charge in [0.2, 0.25) is 0 Å². The first-order valence-electron chi connectivity index (χ1n) is 5.53. The number of anilines is 1. The fraction of sp³-hybridized carbons (Fsp3) is 0.182. The topological polar surface area (TPSA) is 84.2 Å². The highest BCUT2D eigenvalue weighted by Gasteiger charge is 2.17. The van der Waals surface area contributed by atoms with Crippen LogP contribution in [0.1, 0.15) is 0 Å². The van der Waals surface area contributed by atoms with Gasteiger partial charge in [0.05, 0.1) is 30.1 Å². The maximum atomic E-state index is 12.1. The minimum absolute atomic E-state index is 0.0185. The molecule has 2 aromatic rings. The van der Waals surface area contributed by atoms with Gasteiger partial charge in [0.25, 0.3) is 10.0 Å². The summed E-state index contributed by atoms with van der Waals surface area (Å²) in [6.07, 6.45) is 2.57. The molecule has 0 radical (unpaired) electrons. The Labute approximate surface area is 129 Å². The van der Waals surface area contributed by atoms with Crippen molar-refractivity contribution in [1.29, 1.82) is 0 Å². The summed E-state index contributed by atoms with van der Waals surface area (Å²) in [5, 5.41) is 13.0. The second-order valence-electron chi connectivity index (χ2n) is 3.90. The van der Waals surface area contributed by atoms with Crippen LogP contribution in [0, 0.1) is 0 Å². The molecular formula is C11H11BrClN3O3S. The second kappa shape index (κ2) is 6.13. The quantitative estimate of drug-likeness (QED) is 0.832. The van der Waals surface area contributed by atoms with E-state index in [-0.39, 0.29) is 18.0 Å². The lowest BCUT2D eigenvalue weighted by Gasteiger charge is -2.07. The van der Waals surface area contributed by atoms with E-state index >= 15 is 0 Å². The number of aromatic nitrogens is 2. The first-order valence-corrected chi connectivity index (χ1v) is 8.19. The van der Waals surface area contributed by atoms with Crippen LogP contribution < -0.4 is 4.72 Å². The highest BCUT2D eigenvalue weighted by atomic mass is 79.9. The zero-order valence-electron chi connectivity index (χ0n) is 10.1. The largest absolute Gasteiger partial charge is 0.394 e. The van der Waals surface area contributed by atoms with Gasteiger partial charge in [-0.25, -0.2) is 8.42 Å². The summed E-state index contributed by atoms with van der Waals surface area (Å²) >= 11 is 9.14. The number of halogens is 2. The van der Waals surface area contributed by atoms with Crippen molar-refractivity contribution in [2.45, 2.75) is 11.4 Å². The number of sulfonamides is 1. The summed E-state index contributed by atoms with van der Waals surface area (Å²) in [6.45, 7) is 0.122. The maximum Gasteiger partial charge on any atom is 0.265 e. The molecule has 0 amide bonds. The average molecular weight is 381 g/mol. The lowest BCUT2D eigenvalue weighted by molar-refractivity contribution is 0.269. The van der Waals surface area contributed by atoms with Crippen LogP contribution in [0.3, 0.4) is 0 Å². The third-order valence-electron chi connectivity index (χ3n) is 2.42. The molecule has 0 bridgehead atoms. The molecule has 0 spiro atoms. The fourth-order valence-electron chi connectivity index (χ4n) is 1.48. The zero-order chi connectivity index (χ0) is 14.8. The van der Waals surface area contributed by atoms with E-state index in [2.05, 4.69) is 25.8 Å². The summed E-state index contributed by atoms with van der Waals surface area (Å²) in [5.74, 6) is 0. The monoisotopic (exact) mass is 379 g/mol. The van der Waals surface area contributed by atoms with Crippen LogP contribution in [-0.2, 0) is 16.6 Å². The molecule has 0 saturated carbocycles. The van der Waals surface area contributed by atoms with Gasteiger partial charge in [-0.2, -0.15) is 5.10 Å². The molecule has 1 aromatic heterocycles.